The van der Waals surface area contributed by atoms with Crippen LogP contribution < -0.4 is 5.32 Å². The summed E-state index contributed by atoms with van der Waals surface area (Å²) in [5, 5.41) is 12.5. The quantitative estimate of drug-likeness (QED) is 0.818. The smallest absolute Gasteiger partial charge is 0.224 e. The van der Waals surface area contributed by atoms with Crippen LogP contribution in [-0.4, -0.2) is 23.2 Å². The Hall–Kier alpha value is -1.35. The molecule has 0 radical (unpaired) electrons. The molecule has 0 bridgehead atoms. The summed E-state index contributed by atoms with van der Waals surface area (Å²) in [7, 11) is 0. The molecule has 0 saturated heterocycles. The number of hydrogen-bond donors (Lipinski definition) is 2. The van der Waals surface area contributed by atoms with Gasteiger partial charge in [0.25, 0.3) is 0 Å². The van der Waals surface area contributed by atoms with Crippen molar-refractivity contribution in [3.8, 4) is 0 Å². The highest BCUT2D eigenvalue weighted by molar-refractivity contribution is 5.78. The van der Waals surface area contributed by atoms with Crippen LogP contribution in [-0.2, 0) is 11.2 Å². The van der Waals surface area contributed by atoms with Crippen LogP contribution >= 0.6 is 0 Å². The lowest BCUT2D eigenvalue weighted by Gasteiger charge is -2.21. The van der Waals surface area contributed by atoms with Gasteiger partial charge in [-0.15, -0.1) is 0 Å². The lowest BCUT2D eigenvalue weighted by atomic mass is 10.0. The third kappa shape index (κ3) is 4.57. The Bertz CT molecular complexity index is 386. The van der Waals surface area contributed by atoms with Gasteiger partial charge < -0.3 is 10.4 Å². The maximum atomic E-state index is 11.7. The van der Waals surface area contributed by atoms with Crippen LogP contribution in [0.1, 0.15) is 31.4 Å². The van der Waals surface area contributed by atoms with Gasteiger partial charge in [-0.3, -0.25) is 4.79 Å². The van der Waals surface area contributed by atoms with Crippen molar-refractivity contribution in [1.82, 2.24) is 5.32 Å². The fourth-order valence-corrected chi connectivity index (χ4v) is 1.46. The molecule has 3 heteroatoms. The van der Waals surface area contributed by atoms with E-state index < -0.39 is 5.60 Å². The number of rotatable bonds is 5. The molecule has 0 spiro atoms. The molecule has 0 aliphatic heterocycles. The molecule has 0 fully saturated rings. The Morgan fingerprint density at radius 3 is 2.65 bits per heavy atom. The molecule has 2 N–H and O–H groups in total. The minimum atomic E-state index is -0.818. The van der Waals surface area contributed by atoms with Crippen LogP contribution in [0.25, 0.3) is 0 Å². The van der Waals surface area contributed by atoms with Gasteiger partial charge >= 0.3 is 0 Å². The van der Waals surface area contributed by atoms with Crippen molar-refractivity contribution in [2.45, 2.75) is 39.2 Å². The molecule has 3 nitrogen and oxygen atoms in total. The first kappa shape index (κ1) is 13.7. The zero-order valence-electron chi connectivity index (χ0n) is 10.8. The molecule has 1 rings (SSSR count). The maximum absolute atomic E-state index is 11.7. The van der Waals surface area contributed by atoms with E-state index in [0.717, 1.165) is 11.1 Å². The zero-order chi connectivity index (χ0) is 12.9. The van der Waals surface area contributed by atoms with Gasteiger partial charge in [0.05, 0.1) is 12.0 Å². The molecule has 1 unspecified atom stereocenters. The van der Waals surface area contributed by atoms with Crippen LogP contribution in [0.4, 0.5) is 0 Å². The monoisotopic (exact) mass is 235 g/mol. The molecule has 1 amide bonds. The average molecular weight is 235 g/mol. The van der Waals surface area contributed by atoms with E-state index in [1.807, 2.05) is 38.1 Å². The lowest BCUT2D eigenvalue weighted by Crippen LogP contribution is -2.40. The van der Waals surface area contributed by atoms with Crippen molar-refractivity contribution in [2.75, 3.05) is 6.54 Å². The van der Waals surface area contributed by atoms with E-state index in [1.165, 1.54) is 0 Å². The molecule has 1 aromatic rings. The second-order valence-electron chi connectivity index (χ2n) is 4.73. The van der Waals surface area contributed by atoms with Crippen molar-refractivity contribution in [2.24, 2.45) is 0 Å². The normalized spacial score (nSPS) is 14.1. The summed E-state index contributed by atoms with van der Waals surface area (Å²) in [6.45, 7) is 5.91. The molecule has 94 valence electrons. The second-order valence-corrected chi connectivity index (χ2v) is 4.73. The van der Waals surface area contributed by atoms with Crippen LogP contribution in [0.3, 0.4) is 0 Å². The van der Waals surface area contributed by atoms with E-state index in [0.29, 0.717) is 19.4 Å². The number of aryl methyl sites for hydroxylation is 1. The summed E-state index contributed by atoms with van der Waals surface area (Å²) in [6.07, 6.45) is 0.990. The van der Waals surface area contributed by atoms with Gasteiger partial charge in [-0.05, 0) is 31.4 Å². The minimum absolute atomic E-state index is 0.0481. The molecular weight excluding hydrogens is 214 g/mol. The molecule has 0 heterocycles. The Morgan fingerprint density at radius 1 is 1.41 bits per heavy atom. The van der Waals surface area contributed by atoms with E-state index in [1.54, 1.807) is 6.92 Å². The third-order valence-corrected chi connectivity index (χ3v) is 3.04. The SMILES string of the molecule is CCC(C)(O)CNC(=O)Cc1ccccc1C. The van der Waals surface area contributed by atoms with Gasteiger partial charge in [0, 0.05) is 6.54 Å². The van der Waals surface area contributed by atoms with Crippen LogP contribution in [0.15, 0.2) is 24.3 Å². The van der Waals surface area contributed by atoms with Gasteiger partial charge in [-0.25, -0.2) is 0 Å². The highest BCUT2D eigenvalue weighted by Gasteiger charge is 2.18. The Labute approximate surface area is 103 Å². The van der Waals surface area contributed by atoms with Gasteiger partial charge in [0.2, 0.25) is 5.91 Å². The molecule has 0 aliphatic carbocycles. The standard InChI is InChI=1S/C14H21NO2/c1-4-14(3,17)10-15-13(16)9-12-8-6-5-7-11(12)2/h5-8,17H,4,9-10H2,1-3H3,(H,15,16). The topological polar surface area (TPSA) is 49.3 Å². The third-order valence-electron chi connectivity index (χ3n) is 3.04. The minimum Gasteiger partial charge on any atom is -0.388 e. The Kier molecular flexibility index (Phi) is 4.70. The number of aliphatic hydroxyl groups is 1. The number of benzene rings is 1. The highest BCUT2D eigenvalue weighted by Crippen LogP contribution is 2.09. The first-order valence-corrected chi connectivity index (χ1v) is 5.98. The van der Waals surface area contributed by atoms with E-state index in [9.17, 15) is 9.90 Å². The fourth-order valence-electron chi connectivity index (χ4n) is 1.46. The van der Waals surface area contributed by atoms with Gasteiger partial charge in [0.15, 0.2) is 0 Å². The first-order valence-electron chi connectivity index (χ1n) is 5.98. The number of amides is 1. The van der Waals surface area contributed by atoms with Crippen LogP contribution in [0.2, 0.25) is 0 Å². The van der Waals surface area contributed by atoms with E-state index in [-0.39, 0.29) is 5.91 Å². The molecule has 0 aliphatic rings. The summed E-state index contributed by atoms with van der Waals surface area (Å²) in [6, 6.07) is 7.83. The molecule has 1 aromatic carbocycles. The van der Waals surface area contributed by atoms with E-state index >= 15 is 0 Å². The maximum Gasteiger partial charge on any atom is 0.224 e. The van der Waals surface area contributed by atoms with Crippen molar-refractivity contribution in [3.63, 3.8) is 0 Å². The Balaban J connectivity index is 2.48. The molecule has 0 saturated carbocycles. The number of carbonyl (C=O) groups excluding carboxylic acids is 1. The summed E-state index contributed by atoms with van der Waals surface area (Å²) >= 11 is 0. The van der Waals surface area contributed by atoms with E-state index in [2.05, 4.69) is 5.32 Å². The molecule has 0 aromatic heterocycles. The predicted molar refractivity (Wildman–Crippen MR) is 68.8 cm³/mol. The number of hydrogen-bond acceptors (Lipinski definition) is 2. The van der Waals surface area contributed by atoms with Crippen molar-refractivity contribution < 1.29 is 9.90 Å². The molecular formula is C14H21NO2. The molecule has 17 heavy (non-hydrogen) atoms. The fraction of sp³-hybridized carbons (Fsp3) is 0.500. The van der Waals surface area contributed by atoms with Gasteiger partial charge in [0.1, 0.15) is 0 Å². The second kappa shape index (κ2) is 5.82. The van der Waals surface area contributed by atoms with Crippen molar-refractivity contribution in [3.05, 3.63) is 35.4 Å². The average Bonchev–Trinajstić information content (AvgIpc) is 2.30. The number of carbonyl (C=O) groups is 1. The van der Waals surface area contributed by atoms with Crippen LogP contribution in [0, 0.1) is 6.92 Å². The first-order chi connectivity index (χ1) is 7.94. The number of nitrogens with one attached hydrogen (secondary N) is 1. The van der Waals surface area contributed by atoms with Gasteiger partial charge in [-0.2, -0.15) is 0 Å². The van der Waals surface area contributed by atoms with Gasteiger partial charge in [-0.1, -0.05) is 31.2 Å². The lowest BCUT2D eigenvalue weighted by molar-refractivity contribution is -0.121. The summed E-state index contributed by atoms with van der Waals surface area (Å²) in [4.78, 5) is 11.7. The molecule has 1 atom stereocenters. The van der Waals surface area contributed by atoms with E-state index in [4.69, 9.17) is 0 Å². The summed E-state index contributed by atoms with van der Waals surface area (Å²) in [5.74, 6) is -0.0481. The summed E-state index contributed by atoms with van der Waals surface area (Å²) in [5.41, 5.74) is 1.33. The van der Waals surface area contributed by atoms with Crippen molar-refractivity contribution in [1.29, 1.82) is 0 Å². The van der Waals surface area contributed by atoms with Crippen LogP contribution in [0.5, 0.6) is 0 Å². The largest absolute Gasteiger partial charge is 0.388 e. The predicted octanol–water partition coefficient (Wildman–Crippen LogP) is 1.81. The summed E-state index contributed by atoms with van der Waals surface area (Å²) < 4.78 is 0. The van der Waals surface area contributed by atoms with Crippen molar-refractivity contribution >= 4 is 5.91 Å². The highest BCUT2D eigenvalue weighted by atomic mass is 16.3. The Morgan fingerprint density at radius 2 is 2.06 bits per heavy atom. The zero-order valence-corrected chi connectivity index (χ0v) is 10.8.